The summed E-state index contributed by atoms with van der Waals surface area (Å²) in [4.78, 5) is 20.9. The minimum atomic E-state index is -0.0281. The Morgan fingerprint density at radius 2 is 2.07 bits per heavy atom. The van der Waals surface area contributed by atoms with E-state index in [9.17, 15) is 4.79 Å². The number of nitrogens with one attached hydrogen (secondary N) is 3. The van der Waals surface area contributed by atoms with Crippen LogP contribution in [0.25, 0.3) is 11.4 Å². The van der Waals surface area contributed by atoms with Crippen LogP contribution < -0.4 is 16.0 Å². The summed E-state index contributed by atoms with van der Waals surface area (Å²) in [5.41, 5.74) is 2.16. The van der Waals surface area contributed by atoms with Crippen molar-refractivity contribution in [3.05, 3.63) is 24.7 Å². The summed E-state index contributed by atoms with van der Waals surface area (Å²) in [6.45, 7) is 4.22. The molecule has 0 saturated carbocycles. The van der Waals surface area contributed by atoms with Gasteiger partial charge < -0.3 is 20.7 Å². The van der Waals surface area contributed by atoms with Crippen LogP contribution >= 0.6 is 0 Å². The molecule has 1 unspecified atom stereocenters. The number of amides is 1. The maximum atomic E-state index is 12.4. The van der Waals surface area contributed by atoms with Crippen molar-refractivity contribution in [1.82, 2.24) is 25.5 Å². The predicted octanol–water partition coefficient (Wildman–Crippen LogP) is 1.71. The molecule has 4 rings (SSSR count). The highest BCUT2D eigenvalue weighted by Crippen LogP contribution is 2.21. The third-order valence-electron chi connectivity index (χ3n) is 5.44. The zero-order valence-electron chi connectivity index (χ0n) is 16.4. The molecule has 2 aromatic rings. The molecule has 2 fully saturated rings. The third kappa shape index (κ3) is 5.45. The van der Waals surface area contributed by atoms with Crippen LogP contribution in [-0.2, 0) is 9.53 Å². The minimum Gasteiger partial charge on any atom is -0.383 e. The summed E-state index contributed by atoms with van der Waals surface area (Å²) in [5, 5.41) is 17.9. The van der Waals surface area contributed by atoms with Crippen LogP contribution in [0.3, 0.4) is 0 Å². The maximum absolute atomic E-state index is 12.4. The van der Waals surface area contributed by atoms with Crippen molar-refractivity contribution in [3.63, 3.8) is 0 Å². The molecule has 9 nitrogen and oxygen atoms in total. The van der Waals surface area contributed by atoms with Crippen LogP contribution in [0.1, 0.15) is 25.7 Å². The molecule has 0 radical (unpaired) electrons. The molecule has 0 aromatic carbocycles. The molecule has 154 valence electrons. The first kappa shape index (κ1) is 19.7. The molecule has 2 saturated heterocycles. The number of piperidine rings is 1. The minimum absolute atomic E-state index is 0.0141. The Bertz CT molecular complexity index is 820. The first-order valence-electron chi connectivity index (χ1n) is 10.3. The summed E-state index contributed by atoms with van der Waals surface area (Å²) in [6.07, 6.45) is 7.20. The van der Waals surface area contributed by atoms with E-state index >= 15 is 0 Å². The second-order valence-corrected chi connectivity index (χ2v) is 7.59. The van der Waals surface area contributed by atoms with E-state index in [1.54, 1.807) is 12.3 Å². The van der Waals surface area contributed by atoms with Gasteiger partial charge in [0.15, 0.2) is 0 Å². The topological polar surface area (TPSA) is 114 Å². The van der Waals surface area contributed by atoms with Gasteiger partial charge in [0.1, 0.15) is 17.8 Å². The van der Waals surface area contributed by atoms with Crippen molar-refractivity contribution in [1.29, 1.82) is 0 Å². The van der Waals surface area contributed by atoms with Crippen LogP contribution in [0.4, 0.5) is 11.5 Å². The molecule has 0 aliphatic carbocycles. The number of carbonyl (C=O) groups is 1. The molecular weight excluding hydrogens is 370 g/mol. The highest BCUT2D eigenvalue weighted by Gasteiger charge is 2.21. The fourth-order valence-corrected chi connectivity index (χ4v) is 3.67. The van der Waals surface area contributed by atoms with Gasteiger partial charge in [0, 0.05) is 32.4 Å². The second kappa shape index (κ2) is 9.71. The highest BCUT2D eigenvalue weighted by molar-refractivity contribution is 5.92. The number of hydrogen-bond acceptors (Lipinski definition) is 8. The van der Waals surface area contributed by atoms with E-state index in [0.717, 1.165) is 57.7 Å². The molecule has 0 spiro atoms. The lowest BCUT2D eigenvalue weighted by molar-refractivity contribution is -0.120. The Labute approximate surface area is 170 Å². The Kier molecular flexibility index (Phi) is 6.58. The average Bonchev–Trinajstić information content (AvgIpc) is 2.79. The number of carbonyl (C=O) groups excluding carboxylic acids is 1. The van der Waals surface area contributed by atoms with Crippen LogP contribution in [0.5, 0.6) is 0 Å². The SMILES string of the molecule is O=C(Nc1cc(-c2cc(NCC3CCOCC3)cnn2)ncn1)C1CCCNC1. The van der Waals surface area contributed by atoms with E-state index in [4.69, 9.17) is 4.74 Å². The Morgan fingerprint density at radius 3 is 2.90 bits per heavy atom. The van der Waals surface area contributed by atoms with Gasteiger partial charge in [-0.1, -0.05) is 0 Å². The lowest BCUT2D eigenvalue weighted by Crippen LogP contribution is -2.37. The second-order valence-electron chi connectivity index (χ2n) is 7.59. The van der Waals surface area contributed by atoms with Crippen molar-refractivity contribution in [2.24, 2.45) is 11.8 Å². The monoisotopic (exact) mass is 397 g/mol. The van der Waals surface area contributed by atoms with Gasteiger partial charge in [-0.25, -0.2) is 9.97 Å². The van der Waals surface area contributed by atoms with Crippen LogP contribution in [0.15, 0.2) is 24.7 Å². The normalized spacial score (nSPS) is 20.2. The standard InChI is InChI=1S/C20H27N7O2/c28-20(15-2-1-5-21-11-15)26-19-9-17(23-13-24-19)18-8-16(12-25-27-18)22-10-14-3-6-29-7-4-14/h8-9,12-15,21H,1-7,10-11H2,(H,22,27)(H,23,24,26,28). The van der Waals surface area contributed by atoms with Crippen molar-refractivity contribution in [3.8, 4) is 11.4 Å². The van der Waals surface area contributed by atoms with Gasteiger partial charge in [-0.2, -0.15) is 5.10 Å². The predicted molar refractivity (Wildman–Crippen MR) is 109 cm³/mol. The molecule has 29 heavy (non-hydrogen) atoms. The maximum Gasteiger partial charge on any atom is 0.229 e. The van der Waals surface area contributed by atoms with Gasteiger partial charge in [-0.3, -0.25) is 4.79 Å². The molecule has 1 atom stereocenters. The van der Waals surface area contributed by atoms with Gasteiger partial charge in [-0.15, -0.1) is 5.10 Å². The van der Waals surface area contributed by atoms with Gasteiger partial charge in [0.05, 0.1) is 23.5 Å². The number of hydrogen-bond donors (Lipinski definition) is 3. The molecule has 2 aliphatic rings. The number of ether oxygens (including phenoxy) is 1. The first-order chi connectivity index (χ1) is 14.3. The number of aromatic nitrogens is 4. The van der Waals surface area contributed by atoms with Crippen LogP contribution in [-0.4, -0.2) is 58.9 Å². The van der Waals surface area contributed by atoms with Gasteiger partial charge in [0.25, 0.3) is 0 Å². The van der Waals surface area contributed by atoms with Crippen LogP contribution in [0.2, 0.25) is 0 Å². The van der Waals surface area contributed by atoms with E-state index in [2.05, 4.69) is 36.1 Å². The molecule has 4 heterocycles. The number of anilines is 2. The van der Waals surface area contributed by atoms with Crippen LogP contribution in [0, 0.1) is 11.8 Å². The molecule has 2 aliphatic heterocycles. The fourth-order valence-electron chi connectivity index (χ4n) is 3.67. The fraction of sp³-hybridized carbons (Fsp3) is 0.550. The molecule has 3 N–H and O–H groups in total. The summed E-state index contributed by atoms with van der Waals surface area (Å²) in [6, 6.07) is 3.66. The average molecular weight is 397 g/mol. The third-order valence-corrected chi connectivity index (χ3v) is 5.44. The Morgan fingerprint density at radius 1 is 1.17 bits per heavy atom. The zero-order chi connectivity index (χ0) is 19.9. The van der Waals surface area contributed by atoms with Crippen molar-refractivity contribution < 1.29 is 9.53 Å². The summed E-state index contributed by atoms with van der Waals surface area (Å²) in [7, 11) is 0. The van der Waals surface area contributed by atoms with Gasteiger partial charge >= 0.3 is 0 Å². The quantitative estimate of drug-likeness (QED) is 0.675. The summed E-state index contributed by atoms with van der Waals surface area (Å²) >= 11 is 0. The summed E-state index contributed by atoms with van der Waals surface area (Å²) in [5.74, 6) is 1.04. The van der Waals surface area contributed by atoms with E-state index in [0.29, 0.717) is 29.7 Å². The van der Waals surface area contributed by atoms with Gasteiger partial charge in [-0.05, 0) is 44.2 Å². The van der Waals surface area contributed by atoms with Crippen molar-refractivity contribution in [2.45, 2.75) is 25.7 Å². The van der Waals surface area contributed by atoms with E-state index in [1.807, 2.05) is 6.07 Å². The number of nitrogens with zero attached hydrogens (tertiary/aromatic N) is 4. The highest BCUT2D eigenvalue weighted by atomic mass is 16.5. The first-order valence-corrected chi connectivity index (χ1v) is 10.3. The lowest BCUT2D eigenvalue weighted by atomic mass is 9.99. The lowest BCUT2D eigenvalue weighted by Gasteiger charge is -2.22. The molecular formula is C20H27N7O2. The van der Waals surface area contributed by atoms with E-state index in [1.165, 1.54) is 6.33 Å². The number of rotatable bonds is 6. The molecule has 1 amide bonds. The molecule has 9 heteroatoms. The van der Waals surface area contributed by atoms with E-state index < -0.39 is 0 Å². The van der Waals surface area contributed by atoms with Crippen molar-refractivity contribution in [2.75, 3.05) is 43.5 Å². The molecule has 0 bridgehead atoms. The molecule has 2 aromatic heterocycles. The Hall–Kier alpha value is -2.65. The Balaban J connectivity index is 1.40. The summed E-state index contributed by atoms with van der Waals surface area (Å²) < 4.78 is 5.41. The van der Waals surface area contributed by atoms with Crippen molar-refractivity contribution >= 4 is 17.4 Å². The largest absolute Gasteiger partial charge is 0.383 e. The smallest absolute Gasteiger partial charge is 0.229 e. The zero-order valence-corrected chi connectivity index (χ0v) is 16.4. The van der Waals surface area contributed by atoms with E-state index in [-0.39, 0.29) is 11.8 Å². The van der Waals surface area contributed by atoms with Gasteiger partial charge in [0.2, 0.25) is 5.91 Å².